The fraction of sp³-hybridized carbons (Fsp3) is 0.381. The van der Waals surface area contributed by atoms with E-state index in [1.807, 2.05) is 0 Å². The number of anilines is 1. The number of amides is 1. The molecule has 2 heterocycles. The molecule has 0 aromatic carbocycles. The first-order valence-electron chi connectivity index (χ1n) is 9.80. The molecule has 0 saturated heterocycles. The Balaban J connectivity index is 2.27. The van der Waals surface area contributed by atoms with Crippen LogP contribution < -0.4 is 10.6 Å². The molecule has 10 nitrogen and oxygen atoms in total. The molecule has 0 radical (unpaired) electrons. The van der Waals surface area contributed by atoms with Gasteiger partial charge in [-0.05, 0) is 39.8 Å². The lowest BCUT2D eigenvalue weighted by molar-refractivity contribution is -0.153. The molecule has 2 rings (SSSR count). The van der Waals surface area contributed by atoms with E-state index in [-0.39, 0.29) is 35.2 Å². The molecule has 1 aromatic heterocycles. The zero-order valence-corrected chi connectivity index (χ0v) is 18.9. The van der Waals surface area contributed by atoms with Gasteiger partial charge in [-0.15, -0.1) is 0 Å². The van der Waals surface area contributed by atoms with Gasteiger partial charge in [-0.3, -0.25) is 9.59 Å². The number of nitrogens with zero attached hydrogens (tertiary/aromatic N) is 1. The second-order valence-electron chi connectivity index (χ2n) is 6.57. The van der Waals surface area contributed by atoms with Gasteiger partial charge in [-0.25, -0.2) is 14.6 Å². The third-order valence-electron chi connectivity index (χ3n) is 4.37. The monoisotopic (exact) mass is 465 g/mol. The largest absolute Gasteiger partial charge is 0.463 e. The third kappa shape index (κ3) is 5.85. The molecule has 11 heteroatoms. The lowest BCUT2D eigenvalue weighted by Crippen LogP contribution is -2.39. The molecule has 0 spiro atoms. The SMILES string of the molecule is CCOC(=O)C1=C(C)NC(C)=C(C(=O)OCC)C1C(=O)OCC(=O)Nc1cccnc1Cl. The maximum Gasteiger partial charge on any atom is 0.337 e. The van der Waals surface area contributed by atoms with E-state index in [2.05, 4.69) is 15.6 Å². The van der Waals surface area contributed by atoms with Crippen molar-refractivity contribution in [2.24, 2.45) is 5.92 Å². The molecule has 2 N–H and O–H groups in total. The number of rotatable bonds is 8. The number of carbonyl (C=O) groups excluding carboxylic acids is 4. The number of aromatic nitrogens is 1. The lowest BCUT2D eigenvalue weighted by Gasteiger charge is -2.28. The fourth-order valence-corrected chi connectivity index (χ4v) is 3.24. The van der Waals surface area contributed by atoms with Crippen LogP contribution in [-0.4, -0.2) is 48.6 Å². The maximum absolute atomic E-state index is 13.0. The van der Waals surface area contributed by atoms with Crippen LogP contribution in [0.3, 0.4) is 0 Å². The zero-order chi connectivity index (χ0) is 23.8. The normalized spacial score (nSPS) is 13.9. The van der Waals surface area contributed by atoms with Gasteiger partial charge in [-0.1, -0.05) is 11.6 Å². The van der Waals surface area contributed by atoms with Crippen molar-refractivity contribution in [3.05, 3.63) is 46.0 Å². The van der Waals surface area contributed by atoms with Crippen LogP contribution in [0.15, 0.2) is 40.9 Å². The standard InChI is InChI=1S/C21H24ClN3O7/c1-5-30-19(27)15-11(3)24-12(4)16(20(28)31-6-2)17(15)21(29)32-10-14(26)25-13-8-7-9-23-18(13)22/h7-9,17,24H,5-6,10H2,1-4H3,(H,25,26). The van der Waals surface area contributed by atoms with E-state index in [1.165, 1.54) is 12.3 Å². The quantitative estimate of drug-likeness (QED) is 0.336. The van der Waals surface area contributed by atoms with Crippen LogP contribution in [-0.2, 0) is 33.4 Å². The Morgan fingerprint density at radius 2 is 1.59 bits per heavy atom. The Labute approximate surface area is 189 Å². The van der Waals surface area contributed by atoms with Crippen molar-refractivity contribution in [2.45, 2.75) is 27.7 Å². The predicted molar refractivity (Wildman–Crippen MR) is 114 cm³/mol. The highest BCUT2D eigenvalue weighted by atomic mass is 35.5. The second kappa shape index (κ2) is 11.3. The van der Waals surface area contributed by atoms with Crippen molar-refractivity contribution in [3.8, 4) is 0 Å². The van der Waals surface area contributed by atoms with Crippen molar-refractivity contribution >= 4 is 41.1 Å². The minimum atomic E-state index is -1.43. The minimum Gasteiger partial charge on any atom is -0.463 e. The molecule has 0 bridgehead atoms. The molecule has 172 valence electrons. The number of esters is 3. The number of nitrogens with one attached hydrogen (secondary N) is 2. The van der Waals surface area contributed by atoms with Gasteiger partial charge in [0.05, 0.1) is 30.0 Å². The van der Waals surface area contributed by atoms with E-state index >= 15 is 0 Å². The summed E-state index contributed by atoms with van der Waals surface area (Å²) >= 11 is 5.90. The van der Waals surface area contributed by atoms with E-state index in [0.29, 0.717) is 11.4 Å². The number of hydrogen-bond acceptors (Lipinski definition) is 9. The van der Waals surface area contributed by atoms with E-state index in [1.54, 1.807) is 33.8 Å². The molecular weight excluding hydrogens is 442 g/mol. The number of halogens is 1. The highest BCUT2D eigenvalue weighted by Gasteiger charge is 2.42. The van der Waals surface area contributed by atoms with E-state index < -0.39 is 36.3 Å². The lowest BCUT2D eigenvalue weighted by atomic mass is 9.85. The molecule has 0 atom stereocenters. The Morgan fingerprint density at radius 3 is 2.09 bits per heavy atom. The predicted octanol–water partition coefficient (Wildman–Crippen LogP) is 2.11. The summed E-state index contributed by atoms with van der Waals surface area (Å²) in [6, 6.07) is 3.10. The summed E-state index contributed by atoms with van der Waals surface area (Å²) < 4.78 is 15.2. The number of dihydropyridines is 1. The van der Waals surface area contributed by atoms with Crippen molar-refractivity contribution in [2.75, 3.05) is 25.1 Å². The second-order valence-corrected chi connectivity index (χ2v) is 6.93. The van der Waals surface area contributed by atoms with Crippen LogP contribution in [0.1, 0.15) is 27.7 Å². The van der Waals surface area contributed by atoms with Crippen molar-refractivity contribution in [3.63, 3.8) is 0 Å². The van der Waals surface area contributed by atoms with Crippen LogP contribution in [0.25, 0.3) is 0 Å². The topological polar surface area (TPSA) is 133 Å². The summed E-state index contributed by atoms with van der Waals surface area (Å²) in [4.78, 5) is 54.2. The third-order valence-corrected chi connectivity index (χ3v) is 4.67. The van der Waals surface area contributed by atoms with Gasteiger partial charge >= 0.3 is 17.9 Å². The maximum atomic E-state index is 13.0. The first-order chi connectivity index (χ1) is 15.2. The number of ether oxygens (including phenoxy) is 3. The van der Waals surface area contributed by atoms with Crippen molar-refractivity contribution in [1.29, 1.82) is 0 Å². The van der Waals surface area contributed by atoms with Gasteiger partial charge in [0.25, 0.3) is 5.91 Å². The molecule has 0 saturated carbocycles. The fourth-order valence-electron chi connectivity index (χ4n) is 3.07. The average Bonchev–Trinajstić information content (AvgIpc) is 2.73. The highest BCUT2D eigenvalue weighted by Crippen LogP contribution is 2.32. The van der Waals surface area contributed by atoms with Crippen molar-refractivity contribution in [1.82, 2.24) is 10.3 Å². The Bertz CT molecular complexity index is 947. The molecule has 0 fully saturated rings. The molecule has 0 unspecified atom stereocenters. The van der Waals surface area contributed by atoms with Gasteiger partial charge < -0.3 is 24.8 Å². The van der Waals surface area contributed by atoms with E-state index in [9.17, 15) is 19.2 Å². The molecule has 0 aliphatic carbocycles. The molecule has 1 aliphatic heterocycles. The summed E-state index contributed by atoms with van der Waals surface area (Å²) in [7, 11) is 0. The van der Waals surface area contributed by atoms with Crippen LogP contribution in [0.2, 0.25) is 5.15 Å². The Hall–Kier alpha value is -3.40. The smallest absolute Gasteiger partial charge is 0.337 e. The van der Waals surface area contributed by atoms with Crippen LogP contribution >= 0.6 is 11.6 Å². The average molecular weight is 466 g/mol. The summed E-state index contributed by atoms with van der Waals surface area (Å²) in [5, 5.41) is 5.43. The van der Waals surface area contributed by atoms with Gasteiger partial charge in [0.1, 0.15) is 5.92 Å². The zero-order valence-electron chi connectivity index (χ0n) is 18.1. The molecule has 1 amide bonds. The summed E-state index contributed by atoms with van der Waals surface area (Å²) in [6.45, 7) is 5.78. The van der Waals surface area contributed by atoms with E-state index in [0.717, 1.165) is 0 Å². The number of carbonyl (C=O) groups is 4. The van der Waals surface area contributed by atoms with Crippen LogP contribution in [0.5, 0.6) is 0 Å². The number of hydrogen-bond donors (Lipinski definition) is 2. The van der Waals surface area contributed by atoms with Crippen LogP contribution in [0, 0.1) is 5.92 Å². The molecule has 1 aromatic rings. The highest BCUT2D eigenvalue weighted by molar-refractivity contribution is 6.32. The summed E-state index contributed by atoms with van der Waals surface area (Å²) in [5.41, 5.74) is 0.690. The Morgan fingerprint density at radius 1 is 1.03 bits per heavy atom. The first kappa shape index (κ1) is 24.9. The van der Waals surface area contributed by atoms with Gasteiger partial charge in [-0.2, -0.15) is 0 Å². The van der Waals surface area contributed by atoms with Gasteiger partial charge in [0, 0.05) is 17.6 Å². The van der Waals surface area contributed by atoms with Gasteiger partial charge in [0.15, 0.2) is 11.8 Å². The summed E-state index contributed by atoms with van der Waals surface area (Å²) in [5.74, 6) is -4.67. The first-order valence-corrected chi connectivity index (χ1v) is 10.2. The van der Waals surface area contributed by atoms with Gasteiger partial charge in [0.2, 0.25) is 0 Å². The molecular formula is C21H24ClN3O7. The van der Waals surface area contributed by atoms with Crippen molar-refractivity contribution < 1.29 is 33.4 Å². The van der Waals surface area contributed by atoms with Crippen LogP contribution in [0.4, 0.5) is 5.69 Å². The molecule has 32 heavy (non-hydrogen) atoms. The minimum absolute atomic E-state index is 0.0586. The Kier molecular flexibility index (Phi) is 8.77. The molecule has 1 aliphatic rings. The number of pyridine rings is 1. The number of allylic oxidation sites excluding steroid dienone is 2. The summed E-state index contributed by atoms with van der Waals surface area (Å²) in [6.07, 6.45) is 1.45. The van der Waals surface area contributed by atoms with E-state index in [4.69, 9.17) is 25.8 Å².